The molecule has 7 nitrogen and oxygen atoms in total. The zero-order valence-corrected chi connectivity index (χ0v) is 16.9. The Labute approximate surface area is 147 Å². The highest BCUT2D eigenvalue weighted by Gasteiger charge is 2.31. The molecule has 1 saturated heterocycles. The highest BCUT2D eigenvalue weighted by atomic mass is 32.2. The molecule has 0 spiro atoms. The Morgan fingerprint density at radius 3 is 2.50 bits per heavy atom. The van der Waals surface area contributed by atoms with Crippen LogP contribution in [0.5, 0.6) is 0 Å². The monoisotopic (exact) mass is 361 g/mol. The number of sulfonamides is 1. The number of hydrogen-bond donors (Lipinski definition) is 2. The second kappa shape index (κ2) is 9.58. The van der Waals surface area contributed by atoms with Crippen molar-refractivity contribution in [1.29, 1.82) is 0 Å². The lowest BCUT2D eigenvalue weighted by atomic mass is 10.1. The molecule has 0 aromatic rings. The largest absolute Gasteiger partial charge is 0.356 e. The van der Waals surface area contributed by atoms with Crippen LogP contribution < -0.4 is 10.6 Å². The summed E-state index contributed by atoms with van der Waals surface area (Å²) in [4.78, 5) is 6.76. The van der Waals surface area contributed by atoms with Gasteiger partial charge in [-0.15, -0.1) is 0 Å². The summed E-state index contributed by atoms with van der Waals surface area (Å²) >= 11 is 0. The van der Waals surface area contributed by atoms with Crippen LogP contribution in [0.1, 0.15) is 34.1 Å². The fourth-order valence-corrected chi connectivity index (χ4v) is 3.93. The van der Waals surface area contributed by atoms with Gasteiger partial charge in [0.2, 0.25) is 10.0 Å². The topological polar surface area (TPSA) is 77.0 Å². The van der Waals surface area contributed by atoms with Crippen LogP contribution in [0.15, 0.2) is 4.99 Å². The van der Waals surface area contributed by atoms with Crippen molar-refractivity contribution in [3.05, 3.63) is 0 Å². The van der Waals surface area contributed by atoms with Gasteiger partial charge >= 0.3 is 0 Å². The van der Waals surface area contributed by atoms with Crippen LogP contribution in [0.4, 0.5) is 0 Å². The summed E-state index contributed by atoms with van der Waals surface area (Å²) in [5.74, 6) is 1.37. The lowest BCUT2D eigenvalue weighted by Gasteiger charge is -2.22. The van der Waals surface area contributed by atoms with Crippen molar-refractivity contribution in [3.8, 4) is 0 Å². The molecule has 0 bridgehead atoms. The van der Waals surface area contributed by atoms with Crippen molar-refractivity contribution >= 4 is 16.0 Å². The molecule has 0 radical (unpaired) electrons. The molecule has 2 atom stereocenters. The number of nitrogens with one attached hydrogen (secondary N) is 2. The van der Waals surface area contributed by atoms with Crippen LogP contribution in [0.3, 0.4) is 0 Å². The fourth-order valence-electron chi connectivity index (χ4n) is 3.00. The third-order valence-electron chi connectivity index (χ3n) is 4.62. The maximum Gasteiger partial charge on any atom is 0.211 e. The van der Waals surface area contributed by atoms with Crippen molar-refractivity contribution in [2.45, 2.75) is 46.2 Å². The molecule has 1 rings (SSSR count). The van der Waals surface area contributed by atoms with E-state index in [-0.39, 0.29) is 0 Å². The average molecular weight is 362 g/mol. The fraction of sp³-hybridized carbons (Fsp3) is 0.938. The molecule has 0 amide bonds. The summed E-state index contributed by atoms with van der Waals surface area (Å²) in [6.45, 7) is 12.4. The molecular formula is C16H35N5O2S. The van der Waals surface area contributed by atoms with Crippen LogP contribution in [0, 0.1) is 5.92 Å². The third kappa shape index (κ3) is 6.57. The molecule has 0 aromatic carbocycles. The van der Waals surface area contributed by atoms with Crippen molar-refractivity contribution in [2.75, 3.05) is 46.0 Å². The molecular weight excluding hydrogens is 326 g/mol. The van der Waals surface area contributed by atoms with Crippen LogP contribution in [0.2, 0.25) is 0 Å². The van der Waals surface area contributed by atoms with Gasteiger partial charge in [-0.25, -0.2) is 12.7 Å². The van der Waals surface area contributed by atoms with Crippen LogP contribution in [-0.4, -0.2) is 81.7 Å². The predicted octanol–water partition coefficient (Wildman–Crippen LogP) is 0.552. The van der Waals surface area contributed by atoms with Gasteiger partial charge in [-0.3, -0.25) is 9.89 Å². The molecule has 24 heavy (non-hydrogen) atoms. The minimum Gasteiger partial charge on any atom is -0.356 e. The molecule has 142 valence electrons. The van der Waals surface area contributed by atoms with E-state index in [2.05, 4.69) is 41.3 Å². The average Bonchev–Trinajstić information content (AvgIpc) is 2.86. The zero-order valence-electron chi connectivity index (χ0n) is 16.0. The Bertz CT molecular complexity index is 507. The molecule has 1 heterocycles. The van der Waals surface area contributed by atoms with Gasteiger partial charge in [-0.2, -0.15) is 0 Å². The molecule has 1 fully saturated rings. The number of likely N-dealkylation sites (tertiary alicyclic amines) is 1. The Kier molecular flexibility index (Phi) is 8.45. The first-order chi connectivity index (χ1) is 11.2. The van der Waals surface area contributed by atoms with E-state index in [1.165, 1.54) is 10.6 Å². The van der Waals surface area contributed by atoms with Gasteiger partial charge in [0.05, 0.1) is 6.26 Å². The minimum atomic E-state index is -3.11. The van der Waals surface area contributed by atoms with Gasteiger partial charge in [0.15, 0.2) is 5.96 Å². The van der Waals surface area contributed by atoms with E-state index in [0.29, 0.717) is 37.6 Å². The summed E-state index contributed by atoms with van der Waals surface area (Å²) in [7, 11) is -1.34. The highest BCUT2D eigenvalue weighted by molar-refractivity contribution is 7.88. The lowest BCUT2D eigenvalue weighted by molar-refractivity contribution is 0.265. The number of hydrogen-bond acceptors (Lipinski definition) is 4. The summed E-state index contributed by atoms with van der Waals surface area (Å²) in [5.41, 5.74) is 0. The predicted molar refractivity (Wildman–Crippen MR) is 101 cm³/mol. The van der Waals surface area contributed by atoms with E-state index in [4.69, 9.17) is 0 Å². The zero-order chi connectivity index (χ0) is 18.3. The Hall–Kier alpha value is -0.860. The first-order valence-electron chi connectivity index (χ1n) is 8.85. The van der Waals surface area contributed by atoms with E-state index in [9.17, 15) is 8.42 Å². The van der Waals surface area contributed by atoms with Crippen molar-refractivity contribution in [3.63, 3.8) is 0 Å². The molecule has 0 aliphatic carbocycles. The van der Waals surface area contributed by atoms with Crippen molar-refractivity contribution in [1.82, 2.24) is 19.8 Å². The second-order valence-electron chi connectivity index (χ2n) is 6.88. The van der Waals surface area contributed by atoms with Crippen LogP contribution in [-0.2, 0) is 10.0 Å². The van der Waals surface area contributed by atoms with Crippen molar-refractivity contribution in [2.24, 2.45) is 10.9 Å². The summed E-state index contributed by atoms with van der Waals surface area (Å²) in [6.07, 6.45) is 2.01. The van der Waals surface area contributed by atoms with Gasteiger partial charge in [0, 0.05) is 51.9 Å². The molecule has 8 heteroatoms. The molecule has 1 aliphatic rings. The highest BCUT2D eigenvalue weighted by Crippen LogP contribution is 2.18. The van der Waals surface area contributed by atoms with Gasteiger partial charge in [-0.05, 0) is 26.2 Å². The maximum atomic E-state index is 11.6. The van der Waals surface area contributed by atoms with E-state index in [1.54, 1.807) is 7.05 Å². The van der Waals surface area contributed by atoms with E-state index < -0.39 is 10.0 Å². The first kappa shape index (κ1) is 21.2. The van der Waals surface area contributed by atoms with Crippen LogP contribution >= 0.6 is 0 Å². The van der Waals surface area contributed by atoms with E-state index in [1.807, 2.05) is 6.92 Å². The van der Waals surface area contributed by atoms with Gasteiger partial charge in [-0.1, -0.05) is 13.8 Å². The molecule has 0 aromatic heterocycles. The molecule has 2 N–H and O–H groups in total. The van der Waals surface area contributed by atoms with Gasteiger partial charge in [0.25, 0.3) is 0 Å². The number of nitrogens with zero attached hydrogens (tertiary/aromatic N) is 3. The quantitative estimate of drug-likeness (QED) is 0.375. The van der Waals surface area contributed by atoms with Crippen molar-refractivity contribution < 1.29 is 8.42 Å². The molecule has 2 unspecified atom stereocenters. The number of guanidine groups is 1. The molecule has 0 saturated carbocycles. The number of aliphatic imine (C=N–C) groups is 1. The Morgan fingerprint density at radius 2 is 2.04 bits per heavy atom. The normalized spacial score (nSPS) is 23.2. The summed E-state index contributed by atoms with van der Waals surface area (Å²) in [5, 5.41) is 6.79. The Balaban J connectivity index is 2.39. The smallest absolute Gasteiger partial charge is 0.211 e. The lowest BCUT2D eigenvalue weighted by Crippen LogP contribution is -2.47. The Morgan fingerprint density at radius 1 is 1.38 bits per heavy atom. The standard InChI is InChI=1S/C16H35N5O2S/c1-7-21(24(6,22)23)10-8-9-18-16(17-5)19-15-12-20(13(2)3)11-14(15)4/h13-15H,7-12H2,1-6H3,(H2,17,18,19). The van der Waals surface area contributed by atoms with Crippen LogP contribution in [0.25, 0.3) is 0 Å². The first-order valence-corrected chi connectivity index (χ1v) is 10.7. The minimum absolute atomic E-state index is 0.391. The van der Waals surface area contributed by atoms with Gasteiger partial charge < -0.3 is 10.6 Å². The summed E-state index contributed by atoms with van der Waals surface area (Å²) in [6, 6.07) is 0.951. The third-order valence-corrected chi connectivity index (χ3v) is 5.99. The SMILES string of the molecule is CCN(CCCNC(=NC)NC1CN(C(C)C)CC1C)S(C)(=O)=O. The summed E-state index contributed by atoms with van der Waals surface area (Å²) < 4.78 is 24.6. The van der Waals surface area contributed by atoms with Gasteiger partial charge in [0.1, 0.15) is 0 Å². The number of rotatable bonds is 8. The molecule has 1 aliphatic heterocycles. The van der Waals surface area contributed by atoms with E-state index in [0.717, 1.165) is 25.5 Å². The second-order valence-corrected chi connectivity index (χ2v) is 8.87. The maximum absolute atomic E-state index is 11.6. The van der Waals surface area contributed by atoms with E-state index >= 15 is 0 Å².